The lowest BCUT2D eigenvalue weighted by Gasteiger charge is -2.38. The molecule has 2 aliphatic carbocycles. The molecular formula is C26H39F. The molecule has 2 fully saturated rings. The molecule has 0 aromatic heterocycles. The zero-order valence-corrected chi connectivity index (χ0v) is 17.3. The fourth-order valence-electron chi connectivity index (χ4n) is 5.60. The number of allylic oxidation sites excluding steroid dienone is 1. The highest BCUT2D eigenvalue weighted by Gasteiger charge is 2.30. The van der Waals surface area contributed by atoms with E-state index >= 15 is 0 Å². The fourth-order valence-corrected chi connectivity index (χ4v) is 5.60. The zero-order valence-electron chi connectivity index (χ0n) is 17.3. The molecule has 150 valence electrons. The van der Waals surface area contributed by atoms with Gasteiger partial charge >= 0.3 is 0 Å². The lowest BCUT2D eigenvalue weighted by Crippen LogP contribution is -2.25. The summed E-state index contributed by atoms with van der Waals surface area (Å²) < 4.78 is 12.2. The summed E-state index contributed by atoms with van der Waals surface area (Å²) in [4.78, 5) is 0. The van der Waals surface area contributed by atoms with Gasteiger partial charge in [-0.1, -0.05) is 50.1 Å². The third kappa shape index (κ3) is 6.19. The predicted molar refractivity (Wildman–Crippen MR) is 115 cm³/mol. The van der Waals surface area contributed by atoms with Gasteiger partial charge in [0, 0.05) is 0 Å². The third-order valence-corrected chi connectivity index (χ3v) is 7.41. The van der Waals surface area contributed by atoms with Crippen molar-refractivity contribution >= 4 is 0 Å². The smallest absolute Gasteiger partial charge is 0.0827 e. The average molecular weight is 371 g/mol. The van der Waals surface area contributed by atoms with Crippen molar-refractivity contribution in [3.05, 3.63) is 47.8 Å². The van der Waals surface area contributed by atoms with Gasteiger partial charge in [0.25, 0.3) is 0 Å². The molecule has 3 rings (SSSR count). The van der Waals surface area contributed by atoms with Gasteiger partial charge < -0.3 is 0 Å². The van der Waals surface area contributed by atoms with Crippen LogP contribution in [0.25, 0.3) is 0 Å². The van der Waals surface area contributed by atoms with Crippen molar-refractivity contribution in [2.24, 2.45) is 17.8 Å². The van der Waals surface area contributed by atoms with Gasteiger partial charge in [-0.15, -0.1) is 0 Å². The summed E-state index contributed by atoms with van der Waals surface area (Å²) in [7, 11) is 0. The number of rotatable bonds is 8. The first-order chi connectivity index (χ1) is 13.3. The summed E-state index contributed by atoms with van der Waals surface area (Å²) in [5.74, 6) is 3.42. The Balaban J connectivity index is 1.41. The van der Waals surface area contributed by atoms with Crippen molar-refractivity contribution in [1.29, 1.82) is 0 Å². The van der Waals surface area contributed by atoms with Gasteiger partial charge in [-0.25, -0.2) is 4.39 Å². The van der Waals surface area contributed by atoms with E-state index in [1.807, 2.05) is 0 Å². The standard InChI is InChI=1S/C26H39F/c1-2-3-4-6-21-8-12-23(13-9-21)25-16-18-26(19-17-25)24-14-10-22(11-15-24)7-5-20-27/h5,8-9,12-13,20,22,24-26H,2-4,6-7,10-11,14-19H2,1H3/b20-5+. The second-order valence-corrected chi connectivity index (χ2v) is 9.19. The van der Waals surface area contributed by atoms with E-state index in [0.29, 0.717) is 0 Å². The van der Waals surface area contributed by atoms with Gasteiger partial charge in [-0.2, -0.15) is 0 Å². The number of hydrogen-bond acceptors (Lipinski definition) is 0. The summed E-state index contributed by atoms with van der Waals surface area (Å²) in [6.45, 7) is 2.27. The van der Waals surface area contributed by atoms with E-state index in [4.69, 9.17) is 0 Å². The minimum atomic E-state index is 0.727. The Morgan fingerprint density at radius 2 is 1.48 bits per heavy atom. The number of halogens is 1. The van der Waals surface area contributed by atoms with Gasteiger partial charge in [-0.3, -0.25) is 0 Å². The van der Waals surface area contributed by atoms with E-state index in [2.05, 4.69) is 31.2 Å². The summed E-state index contributed by atoms with van der Waals surface area (Å²) in [5.41, 5.74) is 3.09. The topological polar surface area (TPSA) is 0 Å². The van der Waals surface area contributed by atoms with Gasteiger partial charge in [0.05, 0.1) is 6.33 Å². The minimum Gasteiger partial charge on any atom is -0.216 e. The SMILES string of the molecule is CCCCCc1ccc(C2CCC(C3CCC(C/C=C/F)CC3)CC2)cc1. The highest BCUT2D eigenvalue weighted by atomic mass is 19.1. The highest BCUT2D eigenvalue weighted by molar-refractivity contribution is 5.26. The Hall–Kier alpha value is -1.11. The number of benzene rings is 1. The Labute approximate surface area is 166 Å². The molecule has 0 saturated heterocycles. The first-order valence-corrected chi connectivity index (χ1v) is 11.6. The molecule has 0 nitrogen and oxygen atoms in total. The second kappa shape index (κ2) is 11.0. The number of aryl methyl sites for hydroxylation is 1. The lowest BCUT2D eigenvalue weighted by atomic mass is 9.68. The lowest BCUT2D eigenvalue weighted by molar-refractivity contribution is 0.160. The van der Waals surface area contributed by atoms with Crippen molar-refractivity contribution in [2.45, 2.75) is 96.3 Å². The van der Waals surface area contributed by atoms with Gasteiger partial charge in [0.2, 0.25) is 0 Å². The first-order valence-electron chi connectivity index (χ1n) is 11.6. The van der Waals surface area contributed by atoms with Crippen molar-refractivity contribution in [3.63, 3.8) is 0 Å². The van der Waals surface area contributed by atoms with Crippen LogP contribution in [0.2, 0.25) is 0 Å². The first kappa shape index (κ1) is 20.6. The van der Waals surface area contributed by atoms with E-state index in [1.54, 1.807) is 11.6 Å². The summed E-state index contributed by atoms with van der Waals surface area (Å²) in [5, 5.41) is 0. The maximum Gasteiger partial charge on any atom is 0.0827 e. The summed E-state index contributed by atoms with van der Waals surface area (Å²) in [6.07, 6.45) is 19.6. The average Bonchev–Trinajstić information content (AvgIpc) is 2.73. The minimum absolute atomic E-state index is 0.727. The summed E-state index contributed by atoms with van der Waals surface area (Å²) >= 11 is 0. The molecule has 1 aromatic rings. The van der Waals surface area contributed by atoms with E-state index in [9.17, 15) is 4.39 Å². The van der Waals surface area contributed by atoms with Crippen LogP contribution in [0.15, 0.2) is 36.7 Å². The van der Waals surface area contributed by atoms with Crippen LogP contribution >= 0.6 is 0 Å². The Kier molecular flexibility index (Phi) is 8.42. The third-order valence-electron chi connectivity index (χ3n) is 7.41. The zero-order chi connectivity index (χ0) is 18.9. The maximum atomic E-state index is 12.2. The van der Waals surface area contributed by atoms with Crippen LogP contribution in [0.1, 0.15) is 101 Å². The fraction of sp³-hybridized carbons (Fsp3) is 0.692. The highest BCUT2D eigenvalue weighted by Crippen LogP contribution is 2.44. The molecule has 0 spiro atoms. The molecule has 0 aliphatic heterocycles. The van der Waals surface area contributed by atoms with Gasteiger partial charge in [-0.05, 0) is 105 Å². The Bertz CT molecular complexity index is 542. The molecule has 27 heavy (non-hydrogen) atoms. The van der Waals surface area contributed by atoms with Crippen molar-refractivity contribution < 1.29 is 4.39 Å². The van der Waals surface area contributed by atoms with Crippen molar-refractivity contribution in [2.75, 3.05) is 0 Å². The molecular weight excluding hydrogens is 331 g/mol. The molecule has 0 unspecified atom stereocenters. The predicted octanol–water partition coefficient (Wildman–Crippen LogP) is 8.37. The molecule has 2 aliphatic rings. The van der Waals surface area contributed by atoms with Gasteiger partial charge in [0.15, 0.2) is 0 Å². The maximum absolute atomic E-state index is 12.2. The van der Waals surface area contributed by atoms with E-state index in [0.717, 1.165) is 36.4 Å². The number of unbranched alkanes of at least 4 members (excludes halogenated alkanes) is 2. The number of hydrogen-bond donors (Lipinski definition) is 0. The van der Waals surface area contributed by atoms with Crippen LogP contribution in [0.5, 0.6) is 0 Å². The normalized spacial score (nSPS) is 29.3. The van der Waals surface area contributed by atoms with E-state index < -0.39 is 0 Å². The molecule has 1 heteroatoms. The Morgan fingerprint density at radius 3 is 2.07 bits per heavy atom. The molecule has 0 radical (unpaired) electrons. The molecule has 2 saturated carbocycles. The van der Waals surface area contributed by atoms with Crippen LogP contribution in [-0.2, 0) is 6.42 Å². The molecule has 0 amide bonds. The van der Waals surface area contributed by atoms with E-state index in [1.165, 1.54) is 82.6 Å². The quantitative estimate of drug-likeness (QED) is 0.403. The molecule has 1 aromatic carbocycles. The molecule has 0 bridgehead atoms. The van der Waals surface area contributed by atoms with Crippen LogP contribution in [0.3, 0.4) is 0 Å². The molecule has 0 heterocycles. The Morgan fingerprint density at radius 1 is 0.852 bits per heavy atom. The summed E-state index contributed by atoms with van der Waals surface area (Å²) in [6, 6.07) is 9.58. The van der Waals surface area contributed by atoms with Crippen LogP contribution < -0.4 is 0 Å². The van der Waals surface area contributed by atoms with Crippen LogP contribution in [0, 0.1) is 17.8 Å². The second-order valence-electron chi connectivity index (χ2n) is 9.19. The van der Waals surface area contributed by atoms with Crippen molar-refractivity contribution in [3.8, 4) is 0 Å². The van der Waals surface area contributed by atoms with E-state index in [-0.39, 0.29) is 0 Å². The monoisotopic (exact) mass is 370 g/mol. The molecule has 0 atom stereocenters. The largest absolute Gasteiger partial charge is 0.216 e. The van der Waals surface area contributed by atoms with Crippen LogP contribution in [0.4, 0.5) is 4.39 Å². The van der Waals surface area contributed by atoms with Gasteiger partial charge in [0.1, 0.15) is 0 Å². The molecule has 0 N–H and O–H groups in total. The van der Waals surface area contributed by atoms with Crippen molar-refractivity contribution in [1.82, 2.24) is 0 Å². The van der Waals surface area contributed by atoms with Crippen LogP contribution in [-0.4, -0.2) is 0 Å².